The quantitative estimate of drug-likeness (QED) is 0.929. The van der Waals surface area contributed by atoms with Gasteiger partial charge >= 0.3 is 0 Å². The molecule has 2 rings (SSSR count). The van der Waals surface area contributed by atoms with Gasteiger partial charge in [-0.15, -0.1) is 0 Å². The van der Waals surface area contributed by atoms with E-state index in [-0.39, 0.29) is 0 Å². The molecule has 1 aromatic heterocycles. The predicted octanol–water partition coefficient (Wildman–Crippen LogP) is 3.43. The highest BCUT2D eigenvalue weighted by Gasteiger charge is 2.14. The molecule has 0 aliphatic carbocycles. The fourth-order valence-corrected chi connectivity index (χ4v) is 2.47. The zero-order valence-electron chi connectivity index (χ0n) is 13.0. The van der Waals surface area contributed by atoms with Gasteiger partial charge in [0.1, 0.15) is 17.4 Å². The standard InChI is InChI=1S/C16H21N3O/c1-9-7-13(10(2)11(3)16(9)20-6)14-8-15(17-5)19-12(4)18-14/h7-8H,1-6H3,(H,17,18,19). The first-order valence-electron chi connectivity index (χ1n) is 6.66. The van der Waals surface area contributed by atoms with Crippen molar-refractivity contribution < 1.29 is 4.74 Å². The summed E-state index contributed by atoms with van der Waals surface area (Å²) in [5.74, 6) is 2.54. The number of benzene rings is 1. The Morgan fingerprint density at radius 2 is 1.70 bits per heavy atom. The Morgan fingerprint density at radius 1 is 1.00 bits per heavy atom. The molecule has 0 unspecified atom stereocenters. The van der Waals surface area contributed by atoms with Crippen molar-refractivity contribution in [2.24, 2.45) is 0 Å². The van der Waals surface area contributed by atoms with Crippen LogP contribution >= 0.6 is 0 Å². The van der Waals surface area contributed by atoms with Crippen LogP contribution in [0.15, 0.2) is 12.1 Å². The molecule has 2 aromatic rings. The molecule has 0 saturated carbocycles. The van der Waals surface area contributed by atoms with E-state index in [2.05, 4.69) is 42.1 Å². The van der Waals surface area contributed by atoms with E-state index in [9.17, 15) is 0 Å². The molecule has 0 amide bonds. The van der Waals surface area contributed by atoms with E-state index in [1.165, 1.54) is 5.56 Å². The van der Waals surface area contributed by atoms with Gasteiger partial charge in [-0.25, -0.2) is 9.97 Å². The molecular weight excluding hydrogens is 250 g/mol. The Balaban J connectivity index is 2.67. The number of aryl methyl sites for hydroxylation is 2. The largest absolute Gasteiger partial charge is 0.496 e. The second kappa shape index (κ2) is 5.49. The summed E-state index contributed by atoms with van der Waals surface area (Å²) in [6.07, 6.45) is 0. The average molecular weight is 271 g/mol. The van der Waals surface area contributed by atoms with Crippen molar-refractivity contribution in [3.05, 3.63) is 34.6 Å². The predicted molar refractivity (Wildman–Crippen MR) is 82.5 cm³/mol. The third kappa shape index (κ3) is 2.46. The summed E-state index contributed by atoms with van der Waals surface area (Å²) in [6, 6.07) is 4.10. The van der Waals surface area contributed by atoms with E-state index in [1.807, 2.05) is 20.0 Å². The molecular formula is C16H21N3O. The van der Waals surface area contributed by atoms with Gasteiger partial charge < -0.3 is 10.1 Å². The molecule has 0 saturated heterocycles. The van der Waals surface area contributed by atoms with E-state index in [1.54, 1.807) is 7.11 Å². The van der Waals surface area contributed by atoms with Gasteiger partial charge in [0.05, 0.1) is 12.8 Å². The van der Waals surface area contributed by atoms with Crippen LogP contribution < -0.4 is 10.1 Å². The minimum Gasteiger partial charge on any atom is -0.496 e. The molecule has 0 spiro atoms. The van der Waals surface area contributed by atoms with Gasteiger partial charge in [0.25, 0.3) is 0 Å². The van der Waals surface area contributed by atoms with Crippen molar-refractivity contribution >= 4 is 5.82 Å². The second-order valence-corrected chi connectivity index (χ2v) is 4.96. The number of hydrogen-bond donors (Lipinski definition) is 1. The molecule has 0 atom stereocenters. The molecule has 1 N–H and O–H groups in total. The molecule has 1 aromatic carbocycles. The lowest BCUT2D eigenvalue weighted by molar-refractivity contribution is 0.408. The van der Waals surface area contributed by atoms with Crippen molar-refractivity contribution in [2.45, 2.75) is 27.7 Å². The van der Waals surface area contributed by atoms with Gasteiger partial charge in [-0.05, 0) is 50.5 Å². The lowest BCUT2D eigenvalue weighted by atomic mass is 9.96. The number of anilines is 1. The maximum absolute atomic E-state index is 5.47. The summed E-state index contributed by atoms with van der Waals surface area (Å²) in [7, 11) is 3.57. The first kappa shape index (κ1) is 14.3. The van der Waals surface area contributed by atoms with Gasteiger partial charge in [0, 0.05) is 18.7 Å². The minimum atomic E-state index is 0.761. The van der Waals surface area contributed by atoms with Crippen molar-refractivity contribution in [3.8, 4) is 17.0 Å². The average Bonchev–Trinajstić information content (AvgIpc) is 2.42. The molecule has 0 radical (unpaired) electrons. The topological polar surface area (TPSA) is 47.0 Å². The lowest BCUT2D eigenvalue weighted by Gasteiger charge is -2.16. The number of rotatable bonds is 3. The highest BCUT2D eigenvalue weighted by atomic mass is 16.5. The number of nitrogens with one attached hydrogen (secondary N) is 1. The molecule has 20 heavy (non-hydrogen) atoms. The van der Waals surface area contributed by atoms with E-state index in [4.69, 9.17) is 4.74 Å². The fraction of sp³-hybridized carbons (Fsp3) is 0.375. The summed E-state index contributed by atoms with van der Waals surface area (Å²) in [6.45, 7) is 8.14. The van der Waals surface area contributed by atoms with Crippen molar-refractivity contribution in [3.63, 3.8) is 0 Å². The van der Waals surface area contributed by atoms with Crippen molar-refractivity contribution in [2.75, 3.05) is 19.5 Å². The first-order valence-corrected chi connectivity index (χ1v) is 6.66. The summed E-state index contributed by atoms with van der Waals surface area (Å²) < 4.78 is 5.47. The number of aromatic nitrogens is 2. The number of methoxy groups -OCH3 is 1. The van der Waals surface area contributed by atoms with Crippen LogP contribution in [-0.2, 0) is 0 Å². The van der Waals surface area contributed by atoms with E-state index in [0.717, 1.165) is 39.8 Å². The van der Waals surface area contributed by atoms with Crippen LogP contribution in [0.1, 0.15) is 22.5 Å². The first-order chi connectivity index (χ1) is 9.47. The lowest BCUT2D eigenvalue weighted by Crippen LogP contribution is -2.01. The zero-order chi connectivity index (χ0) is 14.9. The van der Waals surface area contributed by atoms with Crippen molar-refractivity contribution in [1.29, 1.82) is 0 Å². The van der Waals surface area contributed by atoms with E-state index < -0.39 is 0 Å². The molecule has 106 valence electrons. The summed E-state index contributed by atoms with van der Waals surface area (Å²) in [5.41, 5.74) is 5.53. The van der Waals surface area contributed by atoms with E-state index in [0.29, 0.717) is 0 Å². The monoisotopic (exact) mass is 271 g/mol. The Hall–Kier alpha value is -2.10. The molecule has 0 aliphatic heterocycles. The normalized spacial score (nSPS) is 10.5. The number of nitrogens with zero attached hydrogens (tertiary/aromatic N) is 2. The maximum Gasteiger partial charge on any atom is 0.130 e. The van der Waals surface area contributed by atoms with Crippen LogP contribution in [0, 0.1) is 27.7 Å². The highest BCUT2D eigenvalue weighted by Crippen LogP contribution is 2.33. The Morgan fingerprint density at radius 3 is 2.30 bits per heavy atom. The maximum atomic E-state index is 5.47. The molecule has 4 nitrogen and oxygen atoms in total. The summed E-state index contributed by atoms with van der Waals surface area (Å²) >= 11 is 0. The van der Waals surface area contributed by atoms with Crippen LogP contribution in [0.4, 0.5) is 5.82 Å². The second-order valence-electron chi connectivity index (χ2n) is 4.96. The van der Waals surface area contributed by atoms with Gasteiger partial charge in [0.2, 0.25) is 0 Å². The fourth-order valence-electron chi connectivity index (χ4n) is 2.47. The molecule has 1 heterocycles. The molecule has 4 heteroatoms. The van der Waals surface area contributed by atoms with Gasteiger partial charge in [0.15, 0.2) is 0 Å². The summed E-state index contributed by atoms with van der Waals surface area (Å²) in [5, 5.41) is 3.07. The highest BCUT2D eigenvalue weighted by molar-refractivity contribution is 5.70. The number of hydrogen-bond acceptors (Lipinski definition) is 4. The van der Waals surface area contributed by atoms with Gasteiger partial charge in [-0.1, -0.05) is 0 Å². The molecule has 0 bridgehead atoms. The Bertz CT molecular complexity index is 651. The SMILES string of the molecule is CNc1cc(-c2cc(C)c(OC)c(C)c2C)nc(C)n1. The van der Waals surface area contributed by atoms with Crippen LogP contribution in [-0.4, -0.2) is 24.1 Å². The van der Waals surface area contributed by atoms with Crippen LogP contribution in [0.5, 0.6) is 5.75 Å². The molecule has 0 aliphatic rings. The van der Waals surface area contributed by atoms with Gasteiger partial charge in [-0.2, -0.15) is 0 Å². The molecule has 0 fully saturated rings. The summed E-state index contributed by atoms with van der Waals surface area (Å²) in [4.78, 5) is 8.90. The Kier molecular flexibility index (Phi) is 3.93. The zero-order valence-corrected chi connectivity index (χ0v) is 13.0. The van der Waals surface area contributed by atoms with Crippen molar-refractivity contribution in [1.82, 2.24) is 9.97 Å². The Labute approximate surface area is 120 Å². The minimum absolute atomic E-state index is 0.761. The van der Waals surface area contributed by atoms with Gasteiger partial charge in [-0.3, -0.25) is 0 Å². The van der Waals surface area contributed by atoms with Crippen LogP contribution in [0.2, 0.25) is 0 Å². The third-order valence-corrected chi connectivity index (χ3v) is 3.60. The number of ether oxygens (including phenoxy) is 1. The van der Waals surface area contributed by atoms with E-state index >= 15 is 0 Å². The van der Waals surface area contributed by atoms with Crippen LogP contribution in [0.25, 0.3) is 11.3 Å². The smallest absolute Gasteiger partial charge is 0.130 e. The third-order valence-electron chi connectivity index (χ3n) is 3.60. The van der Waals surface area contributed by atoms with Crippen LogP contribution in [0.3, 0.4) is 0 Å².